The molecule has 26 heavy (non-hydrogen) atoms. The third-order valence-electron chi connectivity index (χ3n) is 4.84. The Balaban J connectivity index is 1.76. The van der Waals surface area contributed by atoms with Crippen LogP contribution in [0, 0.1) is 6.92 Å². The van der Waals surface area contributed by atoms with E-state index in [0.29, 0.717) is 0 Å². The van der Waals surface area contributed by atoms with Crippen LogP contribution in [0.1, 0.15) is 24.6 Å². The molecular formula is C22H24N4. The van der Waals surface area contributed by atoms with Crippen molar-refractivity contribution in [1.82, 2.24) is 9.97 Å². The van der Waals surface area contributed by atoms with Crippen LogP contribution < -0.4 is 9.80 Å². The van der Waals surface area contributed by atoms with Crippen LogP contribution in [0.5, 0.6) is 0 Å². The molecule has 1 aliphatic heterocycles. The number of fused-ring (bicyclic) bond motifs is 1. The number of hydrogen-bond donors (Lipinski definition) is 0. The largest absolute Gasteiger partial charge is 0.326 e. The predicted molar refractivity (Wildman–Crippen MR) is 108 cm³/mol. The number of nitrogens with zero attached hydrogens (tertiary/aromatic N) is 4. The zero-order chi connectivity index (χ0) is 17.9. The van der Waals surface area contributed by atoms with E-state index in [4.69, 9.17) is 9.97 Å². The minimum absolute atomic E-state index is 0.761. The monoisotopic (exact) mass is 344 g/mol. The van der Waals surface area contributed by atoms with Crippen molar-refractivity contribution in [2.75, 3.05) is 22.9 Å². The van der Waals surface area contributed by atoms with Crippen LogP contribution in [0.25, 0.3) is 0 Å². The number of hydrogen-bond acceptors (Lipinski definition) is 4. The summed E-state index contributed by atoms with van der Waals surface area (Å²) in [6.45, 7) is 5.99. The van der Waals surface area contributed by atoms with Crippen molar-refractivity contribution >= 4 is 23.1 Å². The van der Waals surface area contributed by atoms with E-state index in [9.17, 15) is 0 Å². The minimum Gasteiger partial charge on any atom is -0.326 e. The molecule has 0 fully saturated rings. The maximum Gasteiger partial charge on any atom is 0.232 e. The average molecular weight is 344 g/mol. The van der Waals surface area contributed by atoms with E-state index in [0.717, 1.165) is 49.1 Å². The molecule has 2 aromatic carbocycles. The second kappa shape index (κ2) is 7.16. The first-order valence-electron chi connectivity index (χ1n) is 9.30. The second-order valence-electron chi connectivity index (χ2n) is 6.63. The van der Waals surface area contributed by atoms with E-state index in [1.165, 1.54) is 11.3 Å². The van der Waals surface area contributed by atoms with Gasteiger partial charge >= 0.3 is 0 Å². The van der Waals surface area contributed by atoms with Crippen LogP contribution in [0.3, 0.4) is 0 Å². The van der Waals surface area contributed by atoms with Crippen molar-refractivity contribution in [1.29, 1.82) is 0 Å². The molecule has 0 amide bonds. The van der Waals surface area contributed by atoms with Crippen LogP contribution in [0.2, 0.25) is 0 Å². The molecule has 4 rings (SSSR count). The summed E-state index contributed by atoms with van der Waals surface area (Å²) in [6, 6.07) is 21.1. The van der Waals surface area contributed by atoms with Gasteiger partial charge in [-0.2, -0.15) is 4.98 Å². The third kappa shape index (κ3) is 3.15. The summed E-state index contributed by atoms with van der Waals surface area (Å²) in [4.78, 5) is 14.2. The van der Waals surface area contributed by atoms with Crippen LogP contribution in [-0.4, -0.2) is 23.1 Å². The molecule has 0 aliphatic carbocycles. The highest BCUT2D eigenvalue weighted by atomic mass is 15.3. The lowest BCUT2D eigenvalue weighted by Gasteiger charge is -2.31. The zero-order valence-electron chi connectivity index (χ0n) is 15.4. The molecule has 0 N–H and O–H groups in total. The van der Waals surface area contributed by atoms with Crippen LogP contribution in [-0.2, 0) is 6.42 Å². The Bertz CT molecular complexity index is 892. The maximum atomic E-state index is 4.94. The highest BCUT2D eigenvalue weighted by molar-refractivity contribution is 5.67. The number of benzene rings is 2. The summed E-state index contributed by atoms with van der Waals surface area (Å²) in [6.07, 6.45) is 2.28. The predicted octanol–water partition coefficient (Wildman–Crippen LogP) is 5.03. The van der Waals surface area contributed by atoms with Gasteiger partial charge in [0.05, 0.1) is 0 Å². The van der Waals surface area contributed by atoms with Gasteiger partial charge in [-0.1, -0.05) is 36.4 Å². The van der Waals surface area contributed by atoms with E-state index in [2.05, 4.69) is 71.3 Å². The van der Waals surface area contributed by atoms with E-state index < -0.39 is 0 Å². The molecule has 0 bridgehead atoms. The van der Waals surface area contributed by atoms with Gasteiger partial charge < -0.3 is 9.80 Å². The van der Waals surface area contributed by atoms with Gasteiger partial charge in [-0.15, -0.1) is 0 Å². The van der Waals surface area contributed by atoms with Crippen LogP contribution in [0.4, 0.5) is 23.1 Å². The first-order valence-corrected chi connectivity index (χ1v) is 9.30. The lowest BCUT2D eigenvalue weighted by molar-refractivity contribution is 0.756. The Hall–Kier alpha value is -2.88. The Morgan fingerprint density at radius 2 is 1.77 bits per heavy atom. The number of para-hydroxylation sites is 2. The van der Waals surface area contributed by atoms with Gasteiger partial charge in [0.15, 0.2) is 0 Å². The van der Waals surface area contributed by atoms with Gasteiger partial charge in [-0.25, -0.2) is 4.98 Å². The number of rotatable bonds is 4. The summed E-state index contributed by atoms with van der Waals surface area (Å²) in [7, 11) is 0. The van der Waals surface area contributed by atoms with Gasteiger partial charge in [0, 0.05) is 36.2 Å². The topological polar surface area (TPSA) is 32.3 Å². The summed E-state index contributed by atoms with van der Waals surface area (Å²) >= 11 is 0. The molecular weight excluding hydrogens is 320 g/mol. The first kappa shape index (κ1) is 16.6. The second-order valence-corrected chi connectivity index (χ2v) is 6.63. The molecule has 4 nitrogen and oxygen atoms in total. The highest BCUT2D eigenvalue weighted by Gasteiger charge is 2.21. The fourth-order valence-corrected chi connectivity index (χ4v) is 3.61. The summed E-state index contributed by atoms with van der Waals surface area (Å²) in [5.41, 5.74) is 4.77. The molecule has 0 saturated carbocycles. The van der Waals surface area contributed by atoms with Crippen molar-refractivity contribution in [3.05, 3.63) is 71.9 Å². The molecule has 0 spiro atoms. The van der Waals surface area contributed by atoms with Crippen LogP contribution in [0.15, 0.2) is 60.7 Å². The van der Waals surface area contributed by atoms with E-state index in [1.807, 2.05) is 13.0 Å². The van der Waals surface area contributed by atoms with E-state index >= 15 is 0 Å². The standard InChI is InChI=1S/C22H24N4/c1-3-25(19-12-5-4-6-13-19)22-23-17(2)16-21(24-22)26-15-9-11-18-10-7-8-14-20(18)26/h4-8,10,12-14,16H,3,9,11,15H2,1-2H3. The van der Waals surface area contributed by atoms with Gasteiger partial charge in [-0.05, 0) is 50.5 Å². The Morgan fingerprint density at radius 3 is 2.58 bits per heavy atom. The highest BCUT2D eigenvalue weighted by Crippen LogP contribution is 2.33. The van der Waals surface area contributed by atoms with Crippen molar-refractivity contribution in [3.8, 4) is 0 Å². The number of aromatic nitrogens is 2. The van der Waals surface area contributed by atoms with Crippen molar-refractivity contribution < 1.29 is 0 Å². The molecule has 1 aliphatic rings. The van der Waals surface area contributed by atoms with Crippen molar-refractivity contribution in [2.45, 2.75) is 26.7 Å². The molecule has 0 atom stereocenters. The Morgan fingerprint density at radius 1 is 1.00 bits per heavy atom. The summed E-state index contributed by atoms with van der Waals surface area (Å²) in [5.74, 6) is 1.74. The lowest BCUT2D eigenvalue weighted by Crippen LogP contribution is -2.27. The van der Waals surface area contributed by atoms with E-state index in [-0.39, 0.29) is 0 Å². The van der Waals surface area contributed by atoms with E-state index in [1.54, 1.807) is 0 Å². The third-order valence-corrected chi connectivity index (χ3v) is 4.84. The summed E-state index contributed by atoms with van der Waals surface area (Å²) in [5, 5.41) is 0. The normalized spacial score (nSPS) is 13.4. The minimum atomic E-state index is 0.761. The fourth-order valence-electron chi connectivity index (χ4n) is 3.61. The van der Waals surface area contributed by atoms with Crippen LogP contribution >= 0.6 is 0 Å². The molecule has 0 saturated heterocycles. The Kier molecular flexibility index (Phi) is 4.57. The van der Waals surface area contributed by atoms with Gasteiger partial charge in [-0.3, -0.25) is 0 Å². The van der Waals surface area contributed by atoms with Gasteiger partial charge in [0.2, 0.25) is 5.95 Å². The van der Waals surface area contributed by atoms with Crippen molar-refractivity contribution in [3.63, 3.8) is 0 Å². The summed E-state index contributed by atoms with van der Waals surface area (Å²) < 4.78 is 0. The zero-order valence-corrected chi connectivity index (χ0v) is 15.4. The Labute approximate surface area is 155 Å². The first-order chi connectivity index (χ1) is 12.8. The SMILES string of the molecule is CCN(c1ccccc1)c1nc(C)cc(N2CCCc3ccccc32)n1. The van der Waals surface area contributed by atoms with Gasteiger partial charge in [0.25, 0.3) is 0 Å². The molecule has 0 unspecified atom stereocenters. The smallest absolute Gasteiger partial charge is 0.232 e. The fraction of sp³-hybridized carbons (Fsp3) is 0.273. The van der Waals surface area contributed by atoms with Gasteiger partial charge in [0.1, 0.15) is 5.82 Å². The lowest BCUT2D eigenvalue weighted by atomic mass is 10.0. The van der Waals surface area contributed by atoms with Crippen molar-refractivity contribution in [2.24, 2.45) is 0 Å². The molecule has 2 heterocycles. The average Bonchev–Trinajstić information content (AvgIpc) is 2.68. The molecule has 132 valence electrons. The molecule has 4 heteroatoms. The number of anilines is 4. The molecule has 0 radical (unpaired) electrons. The quantitative estimate of drug-likeness (QED) is 0.665. The maximum absolute atomic E-state index is 4.94. The number of aryl methyl sites for hydroxylation is 2. The molecule has 3 aromatic rings. The molecule has 1 aromatic heterocycles.